The summed E-state index contributed by atoms with van der Waals surface area (Å²) in [7, 11) is 0. The molecule has 0 saturated carbocycles. The first-order valence-electron chi connectivity index (χ1n) is 5.87. The molecule has 2 aromatic rings. The molecule has 3 heterocycles. The summed E-state index contributed by atoms with van der Waals surface area (Å²) in [5.74, 6) is 1.39. The maximum absolute atomic E-state index is 4.63. The van der Waals surface area contributed by atoms with Gasteiger partial charge in [0.1, 0.15) is 5.82 Å². The van der Waals surface area contributed by atoms with E-state index in [1.807, 2.05) is 30.6 Å². The van der Waals surface area contributed by atoms with E-state index in [1.54, 1.807) is 6.20 Å². The largest absolute Gasteiger partial charge is 0.316 e. The first-order chi connectivity index (χ1) is 8.43. The number of hydrogen-bond acceptors (Lipinski definition) is 4. The van der Waals surface area contributed by atoms with E-state index in [0.29, 0.717) is 5.92 Å². The summed E-state index contributed by atoms with van der Waals surface area (Å²) < 4.78 is 0. The summed E-state index contributed by atoms with van der Waals surface area (Å²) in [4.78, 5) is 13.1. The fraction of sp³-hybridized carbons (Fsp3) is 0.308. The smallest absolute Gasteiger partial charge is 0.133 e. The Kier molecular flexibility index (Phi) is 2.80. The third kappa shape index (κ3) is 2.17. The molecule has 1 aliphatic heterocycles. The molecule has 1 unspecified atom stereocenters. The Morgan fingerprint density at radius 2 is 2.24 bits per heavy atom. The van der Waals surface area contributed by atoms with Crippen LogP contribution in [0.5, 0.6) is 0 Å². The Labute approximate surface area is 100 Å². The van der Waals surface area contributed by atoms with Gasteiger partial charge in [-0.3, -0.25) is 4.98 Å². The van der Waals surface area contributed by atoms with Gasteiger partial charge in [0.25, 0.3) is 0 Å². The molecule has 17 heavy (non-hydrogen) atoms. The second kappa shape index (κ2) is 4.59. The van der Waals surface area contributed by atoms with E-state index in [1.165, 1.54) is 0 Å². The molecule has 0 radical (unpaired) electrons. The van der Waals surface area contributed by atoms with Crippen molar-refractivity contribution >= 4 is 0 Å². The first-order valence-corrected chi connectivity index (χ1v) is 5.87. The maximum atomic E-state index is 4.63. The molecule has 1 saturated heterocycles. The number of nitrogens with zero attached hydrogens (tertiary/aromatic N) is 3. The highest BCUT2D eigenvalue weighted by Crippen LogP contribution is 2.21. The van der Waals surface area contributed by atoms with Gasteiger partial charge >= 0.3 is 0 Å². The van der Waals surface area contributed by atoms with Crippen LogP contribution in [-0.4, -0.2) is 28.0 Å². The van der Waals surface area contributed by atoms with Gasteiger partial charge in [0.05, 0.1) is 5.69 Å². The summed E-state index contributed by atoms with van der Waals surface area (Å²) in [6, 6.07) is 5.88. The minimum absolute atomic E-state index is 0.451. The van der Waals surface area contributed by atoms with E-state index < -0.39 is 0 Å². The topological polar surface area (TPSA) is 50.7 Å². The number of rotatable bonds is 2. The number of hydrogen-bond donors (Lipinski definition) is 1. The molecule has 0 spiro atoms. The van der Waals surface area contributed by atoms with E-state index in [0.717, 1.165) is 36.6 Å². The highest BCUT2D eigenvalue weighted by molar-refractivity contribution is 5.56. The minimum atomic E-state index is 0.451. The summed E-state index contributed by atoms with van der Waals surface area (Å²) in [5.41, 5.74) is 2.00. The van der Waals surface area contributed by atoms with Crippen LogP contribution in [0.4, 0.5) is 0 Å². The molecule has 4 heteroatoms. The molecule has 2 aromatic heterocycles. The van der Waals surface area contributed by atoms with Gasteiger partial charge < -0.3 is 5.32 Å². The van der Waals surface area contributed by atoms with Crippen molar-refractivity contribution in [3.05, 3.63) is 42.6 Å². The van der Waals surface area contributed by atoms with Crippen molar-refractivity contribution in [1.29, 1.82) is 0 Å². The second-order valence-corrected chi connectivity index (χ2v) is 4.23. The van der Waals surface area contributed by atoms with Crippen LogP contribution in [0.25, 0.3) is 11.3 Å². The molecular weight excluding hydrogens is 212 g/mol. The van der Waals surface area contributed by atoms with Crippen LogP contribution in [0.3, 0.4) is 0 Å². The van der Waals surface area contributed by atoms with Crippen LogP contribution in [0, 0.1) is 0 Å². The van der Waals surface area contributed by atoms with Gasteiger partial charge in [-0.2, -0.15) is 0 Å². The average Bonchev–Trinajstić information content (AvgIpc) is 2.94. The molecule has 0 aliphatic carbocycles. The number of pyridine rings is 1. The molecule has 0 bridgehead atoms. The average molecular weight is 226 g/mol. The summed E-state index contributed by atoms with van der Waals surface area (Å²) >= 11 is 0. The second-order valence-electron chi connectivity index (χ2n) is 4.23. The van der Waals surface area contributed by atoms with Gasteiger partial charge in [-0.25, -0.2) is 9.97 Å². The SMILES string of the molecule is c1cncc(-c2ccnc(C3CCNC3)n2)c1. The predicted octanol–water partition coefficient (Wildman–Crippen LogP) is 1.62. The third-order valence-corrected chi connectivity index (χ3v) is 3.06. The van der Waals surface area contributed by atoms with Crippen molar-refractivity contribution in [3.63, 3.8) is 0 Å². The first kappa shape index (κ1) is 10.4. The fourth-order valence-electron chi connectivity index (χ4n) is 2.12. The fourth-order valence-corrected chi connectivity index (χ4v) is 2.12. The Bertz CT molecular complexity index is 492. The normalized spacial score (nSPS) is 19.4. The molecule has 1 atom stereocenters. The van der Waals surface area contributed by atoms with Gasteiger partial charge in [-0.15, -0.1) is 0 Å². The van der Waals surface area contributed by atoms with Crippen LogP contribution in [0.15, 0.2) is 36.8 Å². The summed E-state index contributed by atoms with van der Waals surface area (Å²) in [6.07, 6.45) is 6.56. The quantitative estimate of drug-likeness (QED) is 0.845. The van der Waals surface area contributed by atoms with E-state index in [9.17, 15) is 0 Å². The van der Waals surface area contributed by atoms with Gasteiger partial charge in [-0.05, 0) is 31.2 Å². The number of nitrogens with one attached hydrogen (secondary N) is 1. The maximum Gasteiger partial charge on any atom is 0.133 e. The zero-order valence-corrected chi connectivity index (χ0v) is 9.50. The van der Waals surface area contributed by atoms with E-state index in [-0.39, 0.29) is 0 Å². The highest BCUT2D eigenvalue weighted by atomic mass is 15.0. The van der Waals surface area contributed by atoms with Crippen molar-refractivity contribution in [2.75, 3.05) is 13.1 Å². The zero-order chi connectivity index (χ0) is 11.5. The Balaban J connectivity index is 1.94. The monoisotopic (exact) mass is 226 g/mol. The van der Waals surface area contributed by atoms with Crippen LogP contribution < -0.4 is 5.32 Å². The Morgan fingerprint density at radius 3 is 3.00 bits per heavy atom. The Morgan fingerprint density at radius 1 is 1.24 bits per heavy atom. The molecular formula is C13H14N4. The molecule has 86 valence electrons. The van der Waals surface area contributed by atoms with Crippen LogP contribution in [-0.2, 0) is 0 Å². The highest BCUT2D eigenvalue weighted by Gasteiger charge is 2.19. The van der Waals surface area contributed by atoms with Crippen molar-refractivity contribution < 1.29 is 0 Å². The predicted molar refractivity (Wildman–Crippen MR) is 65.5 cm³/mol. The molecule has 4 nitrogen and oxygen atoms in total. The zero-order valence-electron chi connectivity index (χ0n) is 9.50. The van der Waals surface area contributed by atoms with Crippen LogP contribution in [0.2, 0.25) is 0 Å². The van der Waals surface area contributed by atoms with Crippen molar-refractivity contribution in [2.24, 2.45) is 0 Å². The molecule has 1 N–H and O–H groups in total. The lowest BCUT2D eigenvalue weighted by Gasteiger charge is -2.08. The van der Waals surface area contributed by atoms with E-state index >= 15 is 0 Å². The molecule has 1 fully saturated rings. The van der Waals surface area contributed by atoms with E-state index in [2.05, 4.69) is 20.3 Å². The molecule has 0 aromatic carbocycles. The van der Waals surface area contributed by atoms with Crippen molar-refractivity contribution in [2.45, 2.75) is 12.3 Å². The van der Waals surface area contributed by atoms with Gasteiger partial charge in [-0.1, -0.05) is 0 Å². The third-order valence-electron chi connectivity index (χ3n) is 3.06. The molecule has 3 rings (SSSR count). The molecule has 0 amide bonds. The lowest BCUT2D eigenvalue weighted by molar-refractivity contribution is 0.703. The van der Waals surface area contributed by atoms with Crippen LogP contribution >= 0.6 is 0 Å². The van der Waals surface area contributed by atoms with Gasteiger partial charge in [0.2, 0.25) is 0 Å². The lowest BCUT2D eigenvalue weighted by Crippen LogP contribution is -2.10. The van der Waals surface area contributed by atoms with Crippen molar-refractivity contribution in [3.8, 4) is 11.3 Å². The summed E-state index contributed by atoms with van der Waals surface area (Å²) in [5, 5.41) is 3.34. The summed E-state index contributed by atoms with van der Waals surface area (Å²) in [6.45, 7) is 2.04. The van der Waals surface area contributed by atoms with E-state index in [4.69, 9.17) is 0 Å². The number of aromatic nitrogens is 3. The molecule has 1 aliphatic rings. The standard InChI is InChI=1S/C13H14N4/c1-2-10(8-14-5-1)12-4-7-16-13(17-12)11-3-6-15-9-11/h1-2,4-5,7-8,11,15H,3,6,9H2. The Hall–Kier alpha value is -1.81. The van der Waals surface area contributed by atoms with Gasteiger partial charge in [0, 0.05) is 36.6 Å². The lowest BCUT2D eigenvalue weighted by atomic mass is 10.1. The van der Waals surface area contributed by atoms with Gasteiger partial charge in [0.15, 0.2) is 0 Å². The van der Waals surface area contributed by atoms with Crippen molar-refractivity contribution in [1.82, 2.24) is 20.3 Å². The van der Waals surface area contributed by atoms with Crippen LogP contribution in [0.1, 0.15) is 18.2 Å². The minimum Gasteiger partial charge on any atom is -0.316 e.